The van der Waals surface area contributed by atoms with Crippen LogP contribution >= 0.6 is 11.6 Å². The van der Waals surface area contributed by atoms with Gasteiger partial charge in [0.05, 0.1) is 17.0 Å². The summed E-state index contributed by atoms with van der Waals surface area (Å²) in [5, 5.41) is 5.88. The summed E-state index contributed by atoms with van der Waals surface area (Å²) in [6.07, 6.45) is 0.270. The average Bonchev–Trinajstić information content (AvgIpc) is 3.37. The maximum atomic E-state index is 13.6. The second kappa shape index (κ2) is 10.1. The van der Waals surface area contributed by atoms with Gasteiger partial charge in [-0.15, -0.1) is 0 Å². The molecule has 2 aliphatic heterocycles. The van der Waals surface area contributed by atoms with Gasteiger partial charge in [0.25, 0.3) is 5.91 Å². The number of methoxy groups -OCH3 is 1. The van der Waals surface area contributed by atoms with Crippen molar-refractivity contribution in [3.8, 4) is 0 Å². The van der Waals surface area contributed by atoms with E-state index in [2.05, 4.69) is 10.6 Å². The Kier molecular flexibility index (Phi) is 7.64. The number of carbonyl (C=O) groups is 4. The largest absolute Gasteiger partial charge is 0.433 e. The van der Waals surface area contributed by atoms with Crippen LogP contribution in [0.1, 0.15) is 50.4 Å². The molecule has 33 heavy (non-hydrogen) atoms. The van der Waals surface area contributed by atoms with Crippen LogP contribution in [0.3, 0.4) is 0 Å². The Bertz CT molecular complexity index is 931. The molecule has 2 heterocycles. The Hall–Kier alpha value is -2.65. The van der Waals surface area contributed by atoms with Gasteiger partial charge in [-0.1, -0.05) is 44.5 Å². The third-order valence-corrected chi connectivity index (χ3v) is 6.20. The fraction of sp³-hybridized carbons (Fsp3) is 0.565. The SMILES string of the molecule is CO[C@@H]1OC(=O)C[C@@H]1NC(=O)[C@@H]1CCCN1C(=O)[C@@H](NC(=O)c1ccccc1Cl)C(C)(C)C. The molecule has 0 aromatic heterocycles. The summed E-state index contributed by atoms with van der Waals surface area (Å²) in [7, 11) is 1.39. The molecular weight excluding hydrogens is 450 g/mol. The zero-order valence-electron chi connectivity index (χ0n) is 19.2. The fourth-order valence-electron chi connectivity index (χ4n) is 4.12. The van der Waals surface area contributed by atoms with Crippen LogP contribution in [0.4, 0.5) is 0 Å². The summed E-state index contributed by atoms with van der Waals surface area (Å²) in [4.78, 5) is 52.5. The van der Waals surface area contributed by atoms with Crippen LogP contribution in [0.5, 0.6) is 0 Å². The number of benzene rings is 1. The molecule has 2 aliphatic rings. The molecule has 9 nitrogen and oxygen atoms in total. The van der Waals surface area contributed by atoms with Gasteiger partial charge in [0, 0.05) is 13.7 Å². The van der Waals surface area contributed by atoms with Gasteiger partial charge in [-0.2, -0.15) is 0 Å². The number of esters is 1. The molecule has 0 unspecified atom stereocenters. The minimum atomic E-state index is -0.877. The third kappa shape index (κ3) is 5.65. The smallest absolute Gasteiger partial charge is 0.310 e. The topological polar surface area (TPSA) is 114 Å². The number of amides is 3. The first-order valence-corrected chi connectivity index (χ1v) is 11.3. The van der Waals surface area contributed by atoms with E-state index in [1.54, 1.807) is 24.3 Å². The van der Waals surface area contributed by atoms with Gasteiger partial charge in [0.15, 0.2) is 0 Å². The Morgan fingerprint density at radius 1 is 1.24 bits per heavy atom. The number of cyclic esters (lactones) is 1. The lowest BCUT2D eigenvalue weighted by atomic mass is 9.85. The first kappa shape index (κ1) is 25.0. The first-order valence-electron chi connectivity index (χ1n) is 10.9. The predicted molar refractivity (Wildman–Crippen MR) is 120 cm³/mol. The molecule has 0 bridgehead atoms. The molecule has 0 spiro atoms. The quantitative estimate of drug-likeness (QED) is 0.602. The zero-order chi connectivity index (χ0) is 24.3. The molecule has 1 aromatic carbocycles. The lowest BCUT2D eigenvalue weighted by Gasteiger charge is -2.35. The van der Waals surface area contributed by atoms with Crippen molar-refractivity contribution in [2.24, 2.45) is 5.41 Å². The van der Waals surface area contributed by atoms with Crippen molar-refractivity contribution in [2.45, 2.75) is 64.4 Å². The highest BCUT2D eigenvalue weighted by Crippen LogP contribution is 2.27. The van der Waals surface area contributed by atoms with Crippen molar-refractivity contribution in [3.63, 3.8) is 0 Å². The highest BCUT2D eigenvalue weighted by atomic mass is 35.5. The molecule has 0 radical (unpaired) electrons. The van der Waals surface area contributed by atoms with E-state index in [0.717, 1.165) is 0 Å². The van der Waals surface area contributed by atoms with Crippen molar-refractivity contribution < 1.29 is 28.7 Å². The van der Waals surface area contributed by atoms with Crippen molar-refractivity contribution in [1.82, 2.24) is 15.5 Å². The Balaban J connectivity index is 1.75. The second-order valence-corrected chi connectivity index (χ2v) is 9.76. The maximum Gasteiger partial charge on any atom is 0.310 e. The molecule has 2 saturated heterocycles. The highest BCUT2D eigenvalue weighted by Gasteiger charge is 2.44. The second-order valence-electron chi connectivity index (χ2n) is 9.36. The van der Waals surface area contributed by atoms with Gasteiger partial charge in [0.1, 0.15) is 18.1 Å². The van der Waals surface area contributed by atoms with Crippen molar-refractivity contribution >= 4 is 35.3 Å². The molecule has 10 heteroatoms. The molecular formula is C23H30ClN3O6. The number of likely N-dealkylation sites (tertiary alicyclic amines) is 1. The normalized spacial score (nSPS) is 23.7. The number of ether oxygens (including phenoxy) is 2. The number of carbonyl (C=O) groups excluding carboxylic acids is 4. The highest BCUT2D eigenvalue weighted by molar-refractivity contribution is 6.33. The van der Waals surface area contributed by atoms with Crippen molar-refractivity contribution in [3.05, 3.63) is 34.9 Å². The summed E-state index contributed by atoms with van der Waals surface area (Å²) in [5.41, 5.74) is -0.349. The number of hydrogen-bond acceptors (Lipinski definition) is 6. The van der Waals surface area contributed by atoms with Crippen LogP contribution in [-0.4, -0.2) is 66.7 Å². The van der Waals surface area contributed by atoms with E-state index in [1.807, 2.05) is 20.8 Å². The Morgan fingerprint density at radius 3 is 2.58 bits per heavy atom. The summed E-state index contributed by atoms with van der Waals surface area (Å²) in [6.45, 7) is 5.92. The molecule has 4 atom stereocenters. The molecule has 2 fully saturated rings. The third-order valence-electron chi connectivity index (χ3n) is 5.87. The predicted octanol–water partition coefficient (Wildman–Crippen LogP) is 1.88. The molecule has 180 valence electrons. The van der Waals surface area contributed by atoms with Crippen LogP contribution in [0.25, 0.3) is 0 Å². The Morgan fingerprint density at radius 2 is 1.94 bits per heavy atom. The number of hydrogen-bond donors (Lipinski definition) is 2. The van der Waals surface area contributed by atoms with Gasteiger partial charge < -0.3 is 25.0 Å². The van der Waals surface area contributed by atoms with E-state index in [9.17, 15) is 19.2 Å². The minimum absolute atomic E-state index is 0.00339. The van der Waals surface area contributed by atoms with Crippen molar-refractivity contribution in [1.29, 1.82) is 0 Å². The van der Waals surface area contributed by atoms with E-state index < -0.39 is 41.7 Å². The lowest BCUT2D eigenvalue weighted by Crippen LogP contribution is -2.58. The molecule has 3 amide bonds. The van der Waals surface area contributed by atoms with Crippen LogP contribution in [0, 0.1) is 5.41 Å². The van der Waals surface area contributed by atoms with E-state index in [4.69, 9.17) is 21.1 Å². The van der Waals surface area contributed by atoms with Gasteiger partial charge >= 0.3 is 5.97 Å². The van der Waals surface area contributed by atoms with E-state index in [-0.39, 0.29) is 28.8 Å². The van der Waals surface area contributed by atoms with Crippen LogP contribution in [0.15, 0.2) is 24.3 Å². The van der Waals surface area contributed by atoms with Crippen LogP contribution < -0.4 is 10.6 Å². The summed E-state index contributed by atoms with van der Waals surface area (Å²) in [5.74, 6) is -1.64. The minimum Gasteiger partial charge on any atom is -0.433 e. The molecule has 1 aromatic rings. The zero-order valence-corrected chi connectivity index (χ0v) is 20.0. The van der Waals surface area contributed by atoms with Gasteiger partial charge in [-0.25, -0.2) is 0 Å². The molecule has 3 rings (SSSR count). The number of nitrogens with zero attached hydrogens (tertiary/aromatic N) is 1. The van der Waals surface area contributed by atoms with Gasteiger partial charge in [-0.05, 0) is 30.4 Å². The van der Waals surface area contributed by atoms with Crippen molar-refractivity contribution in [2.75, 3.05) is 13.7 Å². The monoisotopic (exact) mass is 479 g/mol. The Labute approximate surface area is 198 Å². The maximum absolute atomic E-state index is 13.6. The summed E-state index contributed by atoms with van der Waals surface area (Å²) >= 11 is 6.15. The number of nitrogens with one attached hydrogen (secondary N) is 2. The lowest BCUT2D eigenvalue weighted by molar-refractivity contribution is -0.160. The standard InChI is InChI=1S/C23H30ClN3O6/c1-23(2,3)18(26-19(29)13-8-5-6-9-14(13)24)21(31)27-11-7-10-16(27)20(30)25-15-12-17(28)33-22(15)32-4/h5-6,8-9,15-16,18,22H,7,10-12H2,1-4H3,(H,25,30)(H,26,29)/t15-,16-,18+,22+/m0/s1. The first-order chi connectivity index (χ1) is 15.5. The average molecular weight is 480 g/mol. The van der Waals surface area contributed by atoms with E-state index >= 15 is 0 Å². The van der Waals surface area contributed by atoms with E-state index in [0.29, 0.717) is 19.4 Å². The van der Waals surface area contributed by atoms with Crippen LogP contribution in [-0.2, 0) is 23.9 Å². The van der Waals surface area contributed by atoms with Crippen LogP contribution in [0.2, 0.25) is 5.02 Å². The van der Waals surface area contributed by atoms with Gasteiger partial charge in [-0.3, -0.25) is 19.2 Å². The summed E-state index contributed by atoms with van der Waals surface area (Å²) < 4.78 is 10.1. The fourth-order valence-corrected chi connectivity index (χ4v) is 4.34. The number of rotatable bonds is 6. The van der Waals surface area contributed by atoms with Gasteiger partial charge in [0.2, 0.25) is 18.1 Å². The molecule has 0 saturated carbocycles. The molecule has 0 aliphatic carbocycles. The van der Waals surface area contributed by atoms with E-state index in [1.165, 1.54) is 12.0 Å². The number of halogens is 1. The molecule has 2 N–H and O–H groups in total. The summed E-state index contributed by atoms with van der Waals surface area (Å²) in [6, 6.07) is 4.40.